The second-order valence-electron chi connectivity index (χ2n) is 5.18. The molecule has 0 fully saturated rings. The van der Waals surface area contributed by atoms with Crippen LogP contribution in [0.4, 0.5) is 5.69 Å². The summed E-state index contributed by atoms with van der Waals surface area (Å²) < 4.78 is 23.8. The first-order chi connectivity index (χ1) is 10.8. The third-order valence-corrected chi connectivity index (χ3v) is 5.48. The summed E-state index contributed by atoms with van der Waals surface area (Å²) in [6.45, 7) is 4.74. The van der Waals surface area contributed by atoms with Crippen LogP contribution < -0.4 is 10.5 Å². The van der Waals surface area contributed by atoms with Crippen molar-refractivity contribution in [2.24, 2.45) is 5.14 Å². The number of carbonyl (C=O) groups is 1. The minimum Gasteiger partial charge on any atom is -0.478 e. The maximum atomic E-state index is 11.9. The van der Waals surface area contributed by atoms with Gasteiger partial charge in [0.05, 0.1) is 21.0 Å². The number of nitrogens with one attached hydrogen (secondary N) is 1. The number of rotatable bonds is 10. The molecule has 4 N–H and O–H groups in total. The molecule has 0 unspecified atom stereocenters. The Bertz CT molecular complexity index is 645. The van der Waals surface area contributed by atoms with Gasteiger partial charge in [-0.1, -0.05) is 26.7 Å². The van der Waals surface area contributed by atoms with Crippen LogP contribution in [0.25, 0.3) is 0 Å². The number of thioether (sulfide) groups is 1. The Kier molecular flexibility index (Phi) is 7.87. The Morgan fingerprint density at radius 1 is 1.26 bits per heavy atom. The summed E-state index contributed by atoms with van der Waals surface area (Å²) in [7, 11) is -4.00. The normalized spacial score (nSPS) is 11.4. The number of unbranched alkanes of at least 4 members (excludes halogenated alkanes) is 2. The summed E-state index contributed by atoms with van der Waals surface area (Å²) in [6.07, 6.45) is 3.81. The SMILES string of the molecule is CCCCNc1cc(C(=O)O)cc(S(N)(=O)=O)c1SCCCC. The molecular formula is C15H24N2O4S2. The van der Waals surface area contributed by atoms with Gasteiger partial charge in [-0.15, -0.1) is 11.8 Å². The van der Waals surface area contributed by atoms with Gasteiger partial charge in [0, 0.05) is 6.54 Å². The second-order valence-corrected chi connectivity index (χ2v) is 7.82. The largest absolute Gasteiger partial charge is 0.478 e. The molecule has 0 aromatic heterocycles. The standard InChI is InChI=1S/C15H24N2O4S2/c1-3-5-7-17-12-9-11(15(18)19)10-13(23(16,20)21)14(12)22-8-6-4-2/h9-10,17H,3-8H2,1-2H3,(H,18,19)(H2,16,20,21). The van der Waals surface area contributed by atoms with E-state index in [1.807, 2.05) is 6.92 Å². The molecule has 1 aromatic carbocycles. The number of anilines is 1. The maximum Gasteiger partial charge on any atom is 0.335 e. The van der Waals surface area contributed by atoms with E-state index in [0.717, 1.165) is 37.5 Å². The van der Waals surface area contributed by atoms with E-state index in [1.165, 1.54) is 17.8 Å². The lowest BCUT2D eigenvalue weighted by Gasteiger charge is -2.16. The van der Waals surface area contributed by atoms with Crippen LogP contribution >= 0.6 is 11.8 Å². The number of nitrogens with two attached hydrogens (primary N) is 1. The highest BCUT2D eigenvalue weighted by molar-refractivity contribution is 8.00. The minimum atomic E-state index is -4.00. The lowest BCUT2D eigenvalue weighted by atomic mass is 10.2. The van der Waals surface area contributed by atoms with E-state index in [9.17, 15) is 18.3 Å². The smallest absolute Gasteiger partial charge is 0.335 e. The first-order valence-electron chi connectivity index (χ1n) is 7.62. The number of carboxylic acid groups (broad SMARTS) is 1. The zero-order valence-electron chi connectivity index (χ0n) is 13.5. The topological polar surface area (TPSA) is 109 Å². The molecule has 1 rings (SSSR count). The Morgan fingerprint density at radius 3 is 2.43 bits per heavy atom. The molecule has 1 aromatic rings. The van der Waals surface area contributed by atoms with Gasteiger partial charge < -0.3 is 10.4 Å². The molecule has 6 nitrogen and oxygen atoms in total. The van der Waals surface area contributed by atoms with E-state index < -0.39 is 16.0 Å². The molecule has 0 aliphatic carbocycles. The molecule has 0 heterocycles. The maximum absolute atomic E-state index is 11.9. The zero-order chi connectivity index (χ0) is 17.5. The average molecular weight is 361 g/mol. The molecule has 0 radical (unpaired) electrons. The lowest BCUT2D eigenvalue weighted by molar-refractivity contribution is 0.0696. The molecule has 0 aliphatic heterocycles. The predicted octanol–water partition coefficient (Wildman–Crippen LogP) is 3.14. The van der Waals surface area contributed by atoms with Gasteiger partial charge in [-0.05, 0) is 30.7 Å². The number of aromatic carboxylic acids is 1. The fourth-order valence-corrected chi connectivity index (χ4v) is 4.25. The van der Waals surface area contributed by atoms with Crippen LogP contribution in [0.3, 0.4) is 0 Å². The molecule has 23 heavy (non-hydrogen) atoms. The van der Waals surface area contributed by atoms with Crippen LogP contribution in [0.2, 0.25) is 0 Å². The van der Waals surface area contributed by atoms with E-state index in [-0.39, 0.29) is 10.5 Å². The van der Waals surface area contributed by atoms with E-state index in [4.69, 9.17) is 5.14 Å². The summed E-state index contributed by atoms with van der Waals surface area (Å²) >= 11 is 1.39. The number of benzene rings is 1. The minimum absolute atomic E-state index is 0.0899. The number of hydrogen-bond donors (Lipinski definition) is 3. The number of hydrogen-bond acceptors (Lipinski definition) is 5. The first kappa shape index (κ1) is 19.8. The molecule has 0 saturated heterocycles. The van der Waals surface area contributed by atoms with Crippen molar-refractivity contribution < 1.29 is 18.3 Å². The average Bonchev–Trinajstić information content (AvgIpc) is 2.47. The number of sulfonamides is 1. The number of carboxylic acids is 1. The zero-order valence-corrected chi connectivity index (χ0v) is 15.1. The van der Waals surface area contributed by atoms with Crippen LogP contribution in [0.5, 0.6) is 0 Å². The van der Waals surface area contributed by atoms with Gasteiger partial charge in [-0.2, -0.15) is 0 Å². The van der Waals surface area contributed by atoms with Crippen molar-refractivity contribution >= 4 is 33.4 Å². The molecule has 8 heteroatoms. The molecule has 0 saturated carbocycles. The lowest BCUT2D eigenvalue weighted by Crippen LogP contribution is -2.16. The van der Waals surface area contributed by atoms with Crippen LogP contribution in [0.1, 0.15) is 49.9 Å². The Morgan fingerprint density at radius 2 is 1.91 bits per heavy atom. The Labute approximate surface area is 141 Å². The van der Waals surface area contributed by atoms with Gasteiger partial charge in [0.2, 0.25) is 10.0 Å². The highest BCUT2D eigenvalue weighted by Crippen LogP contribution is 2.35. The summed E-state index contributed by atoms with van der Waals surface area (Å²) in [5.74, 6) is -0.438. The third kappa shape index (κ3) is 6.04. The van der Waals surface area contributed by atoms with Crippen LogP contribution in [0.15, 0.2) is 21.9 Å². The van der Waals surface area contributed by atoms with Crippen molar-refractivity contribution in [1.29, 1.82) is 0 Å². The van der Waals surface area contributed by atoms with Crippen LogP contribution in [-0.4, -0.2) is 31.8 Å². The van der Waals surface area contributed by atoms with E-state index in [1.54, 1.807) is 0 Å². The van der Waals surface area contributed by atoms with Crippen molar-refractivity contribution in [1.82, 2.24) is 0 Å². The third-order valence-electron chi connectivity index (χ3n) is 3.20. The first-order valence-corrected chi connectivity index (χ1v) is 10.1. The summed E-state index contributed by atoms with van der Waals surface area (Å²) in [5, 5.41) is 17.6. The van der Waals surface area contributed by atoms with Gasteiger partial charge >= 0.3 is 5.97 Å². The van der Waals surface area contributed by atoms with Gasteiger partial charge in [-0.25, -0.2) is 18.4 Å². The highest BCUT2D eigenvalue weighted by atomic mass is 32.2. The predicted molar refractivity (Wildman–Crippen MR) is 93.8 cm³/mol. The number of primary sulfonamides is 1. The van der Waals surface area contributed by atoms with Crippen molar-refractivity contribution in [3.05, 3.63) is 17.7 Å². The summed E-state index contributed by atoms with van der Waals surface area (Å²) in [5.41, 5.74) is 0.427. The molecule has 130 valence electrons. The monoisotopic (exact) mass is 360 g/mol. The van der Waals surface area contributed by atoms with E-state index in [0.29, 0.717) is 17.1 Å². The molecular weight excluding hydrogens is 336 g/mol. The van der Waals surface area contributed by atoms with Crippen molar-refractivity contribution in [2.45, 2.75) is 49.3 Å². The molecule has 0 amide bonds. The van der Waals surface area contributed by atoms with E-state index >= 15 is 0 Å². The van der Waals surface area contributed by atoms with Gasteiger partial charge in [0.25, 0.3) is 0 Å². The van der Waals surface area contributed by atoms with Gasteiger partial charge in [-0.3, -0.25) is 0 Å². The summed E-state index contributed by atoms with van der Waals surface area (Å²) in [4.78, 5) is 11.6. The van der Waals surface area contributed by atoms with E-state index in [2.05, 4.69) is 12.2 Å². The molecule has 0 bridgehead atoms. The van der Waals surface area contributed by atoms with Crippen molar-refractivity contribution in [2.75, 3.05) is 17.6 Å². The Hall–Kier alpha value is -1.25. The van der Waals surface area contributed by atoms with Crippen molar-refractivity contribution in [3.63, 3.8) is 0 Å². The van der Waals surface area contributed by atoms with Gasteiger partial charge in [0.1, 0.15) is 0 Å². The van der Waals surface area contributed by atoms with Crippen LogP contribution in [-0.2, 0) is 10.0 Å². The second kappa shape index (κ2) is 9.14. The molecule has 0 spiro atoms. The summed E-state index contributed by atoms with van der Waals surface area (Å²) in [6, 6.07) is 2.61. The molecule has 0 aliphatic rings. The van der Waals surface area contributed by atoms with Crippen LogP contribution in [0, 0.1) is 0 Å². The fourth-order valence-electron chi connectivity index (χ4n) is 1.94. The fraction of sp³-hybridized carbons (Fsp3) is 0.533. The quantitative estimate of drug-likeness (QED) is 0.437. The van der Waals surface area contributed by atoms with Crippen molar-refractivity contribution in [3.8, 4) is 0 Å². The van der Waals surface area contributed by atoms with Gasteiger partial charge in [0.15, 0.2) is 0 Å². The Balaban J connectivity index is 3.34. The highest BCUT2D eigenvalue weighted by Gasteiger charge is 2.21. The molecule has 0 atom stereocenters.